The first-order valence-corrected chi connectivity index (χ1v) is 6.35. The quantitative estimate of drug-likeness (QED) is 0.787. The maximum atomic E-state index is 12.1. The number of alkyl halides is 3. The molecule has 1 heterocycles. The van der Waals surface area contributed by atoms with Crippen LogP contribution in [0.25, 0.3) is 0 Å². The SMILES string of the molecule is CCCC(C#N)N1CCN(C(=O)CC(F)(F)F)CC1. The van der Waals surface area contributed by atoms with Gasteiger partial charge in [-0.2, -0.15) is 18.4 Å². The lowest BCUT2D eigenvalue weighted by Gasteiger charge is -2.37. The highest BCUT2D eigenvalue weighted by molar-refractivity contribution is 5.76. The molecule has 1 amide bonds. The smallest absolute Gasteiger partial charge is 0.340 e. The molecular weight excluding hydrogens is 259 g/mol. The van der Waals surface area contributed by atoms with Crippen LogP contribution in [-0.4, -0.2) is 54.1 Å². The average molecular weight is 277 g/mol. The molecule has 0 aliphatic carbocycles. The van der Waals surface area contributed by atoms with Crippen LogP contribution >= 0.6 is 0 Å². The van der Waals surface area contributed by atoms with Gasteiger partial charge in [-0.1, -0.05) is 13.3 Å². The summed E-state index contributed by atoms with van der Waals surface area (Å²) in [6.07, 6.45) is -4.23. The van der Waals surface area contributed by atoms with Gasteiger partial charge >= 0.3 is 6.18 Å². The molecule has 0 spiro atoms. The van der Waals surface area contributed by atoms with Gasteiger partial charge in [0.25, 0.3) is 0 Å². The van der Waals surface area contributed by atoms with Crippen LogP contribution in [0.4, 0.5) is 13.2 Å². The summed E-state index contributed by atoms with van der Waals surface area (Å²) in [6, 6.07) is 1.99. The van der Waals surface area contributed by atoms with Crippen molar-refractivity contribution in [1.82, 2.24) is 9.80 Å². The molecule has 1 aliphatic rings. The summed E-state index contributed by atoms with van der Waals surface area (Å²) in [5, 5.41) is 9.02. The van der Waals surface area contributed by atoms with E-state index in [-0.39, 0.29) is 19.1 Å². The second-order valence-electron chi connectivity index (χ2n) is 4.64. The predicted molar refractivity (Wildman–Crippen MR) is 63.1 cm³/mol. The van der Waals surface area contributed by atoms with E-state index >= 15 is 0 Å². The third-order valence-corrected chi connectivity index (χ3v) is 3.17. The van der Waals surface area contributed by atoms with Crippen molar-refractivity contribution in [2.24, 2.45) is 0 Å². The van der Waals surface area contributed by atoms with Gasteiger partial charge in [0.05, 0.1) is 12.1 Å². The van der Waals surface area contributed by atoms with Gasteiger partial charge in [0.1, 0.15) is 6.42 Å². The highest BCUT2D eigenvalue weighted by atomic mass is 19.4. The van der Waals surface area contributed by atoms with Gasteiger partial charge in [-0.3, -0.25) is 9.69 Å². The lowest BCUT2D eigenvalue weighted by Crippen LogP contribution is -2.52. The number of rotatable bonds is 4. The van der Waals surface area contributed by atoms with Gasteiger partial charge in [0, 0.05) is 26.2 Å². The fourth-order valence-electron chi connectivity index (χ4n) is 2.17. The molecule has 0 radical (unpaired) electrons. The van der Waals surface area contributed by atoms with E-state index in [4.69, 9.17) is 5.26 Å². The van der Waals surface area contributed by atoms with Crippen molar-refractivity contribution in [3.8, 4) is 6.07 Å². The molecule has 108 valence electrons. The number of nitrogens with zero attached hydrogens (tertiary/aromatic N) is 3. The van der Waals surface area contributed by atoms with Crippen molar-refractivity contribution in [1.29, 1.82) is 5.26 Å². The van der Waals surface area contributed by atoms with E-state index in [1.165, 1.54) is 4.90 Å². The Balaban J connectivity index is 2.44. The zero-order valence-corrected chi connectivity index (χ0v) is 10.9. The number of amides is 1. The number of halogens is 3. The molecule has 0 aromatic rings. The number of carbonyl (C=O) groups is 1. The molecule has 4 nitrogen and oxygen atoms in total. The van der Waals surface area contributed by atoms with Gasteiger partial charge in [-0.05, 0) is 6.42 Å². The van der Waals surface area contributed by atoms with E-state index in [1.54, 1.807) is 0 Å². The van der Waals surface area contributed by atoms with Gasteiger partial charge in [0.15, 0.2) is 0 Å². The van der Waals surface area contributed by atoms with Crippen LogP contribution in [0.15, 0.2) is 0 Å². The van der Waals surface area contributed by atoms with Crippen LogP contribution in [0.3, 0.4) is 0 Å². The highest BCUT2D eigenvalue weighted by Gasteiger charge is 2.35. The topological polar surface area (TPSA) is 47.3 Å². The molecule has 1 atom stereocenters. The van der Waals surface area contributed by atoms with Crippen molar-refractivity contribution < 1.29 is 18.0 Å². The number of carbonyl (C=O) groups excluding carboxylic acids is 1. The van der Waals surface area contributed by atoms with Crippen molar-refractivity contribution in [3.63, 3.8) is 0 Å². The van der Waals surface area contributed by atoms with Crippen molar-refractivity contribution >= 4 is 5.91 Å². The normalized spacial score (nSPS) is 19.0. The average Bonchev–Trinajstić information content (AvgIpc) is 2.34. The number of hydrogen-bond donors (Lipinski definition) is 0. The number of piperazine rings is 1. The Morgan fingerprint density at radius 3 is 2.32 bits per heavy atom. The molecule has 1 fully saturated rings. The summed E-state index contributed by atoms with van der Waals surface area (Å²) >= 11 is 0. The Kier molecular flexibility index (Phi) is 5.60. The predicted octanol–water partition coefficient (Wildman–Crippen LogP) is 1.78. The minimum Gasteiger partial charge on any atom is -0.340 e. The third kappa shape index (κ3) is 5.07. The van der Waals surface area contributed by atoms with E-state index in [0.717, 1.165) is 12.8 Å². The zero-order chi connectivity index (χ0) is 14.5. The molecule has 19 heavy (non-hydrogen) atoms. The second-order valence-corrected chi connectivity index (χ2v) is 4.64. The maximum Gasteiger partial charge on any atom is 0.397 e. The third-order valence-electron chi connectivity index (χ3n) is 3.17. The first-order chi connectivity index (χ1) is 8.87. The maximum absolute atomic E-state index is 12.1. The highest BCUT2D eigenvalue weighted by Crippen LogP contribution is 2.21. The molecule has 0 bridgehead atoms. The summed E-state index contributed by atoms with van der Waals surface area (Å²) in [6.45, 7) is 3.42. The molecular formula is C12H18F3N3O. The number of hydrogen-bond acceptors (Lipinski definition) is 3. The molecule has 1 saturated heterocycles. The molecule has 0 aromatic carbocycles. The largest absolute Gasteiger partial charge is 0.397 e. The van der Waals surface area contributed by atoms with Crippen LogP contribution in [-0.2, 0) is 4.79 Å². The lowest BCUT2D eigenvalue weighted by atomic mass is 10.1. The van der Waals surface area contributed by atoms with Crippen LogP contribution in [0.5, 0.6) is 0 Å². The fraction of sp³-hybridized carbons (Fsp3) is 0.833. The Hall–Kier alpha value is -1.29. The van der Waals surface area contributed by atoms with Gasteiger partial charge < -0.3 is 4.90 Å². The summed E-state index contributed by atoms with van der Waals surface area (Å²) < 4.78 is 36.4. The monoisotopic (exact) mass is 277 g/mol. The van der Waals surface area contributed by atoms with E-state index in [0.29, 0.717) is 13.1 Å². The van der Waals surface area contributed by atoms with E-state index in [1.807, 2.05) is 11.8 Å². The minimum absolute atomic E-state index is 0.204. The van der Waals surface area contributed by atoms with Crippen molar-refractivity contribution in [2.75, 3.05) is 26.2 Å². The summed E-state index contributed by atoms with van der Waals surface area (Å²) in [5.74, 6) is -0.879. The van der Waals surface area contributed by atoms with Crippen LogP contribution in [0.1, 0.15) is 26.2 Å². The summed E-state index contributed by atoms with van der Waals surface area (Å²) in [7, 11) is 0. The first-order valence-electron chi connectivity index (χ1n) is 6.35. The molecule has 1 rings (SSSR count). The van der Waals surface area contributed by atoms with E-state index in [9.17, 15) is 18.0 Å². The first kappa shape index (κ1) is 15.8. The second kappa shape index (κ2) is 6.75. The number of nitriles is 1. The molecule has 1 unspecified atom stereocenters. The van der Waals surface area contributed by atoms with E-state index in [2.05, 4.69) is 6.07 Å². The Morgan fingerprint density at radius 1 is 1.32 bits per heavy atom. The molecule has 7 heteroatoms. The van der Waals surface area contributed by atoms with Crippen LogP contribution < -0.4 is 0 Å². The fourth-order valence-corrected chi connectivity index (χ4v) is 2.17. The van der Waals surface area contributed by atoms with E-state index < -0.39 is 18.5 Å². The Labute approximate surface area is 110 Å². The van der Waals surface area contributed by atoms with Gasteiger partial charge in [-0.25, -0.2) is 0 Å². The van der Waals surface area contributed by atoms with Crippen molar-refractivity contribution in [3.05, 3.63) is 0 Å². The zero-order valence-electron chi connectivity index (χ0n) is 10.9. The summed E-state index contributed by atoms with van der Waals surface area (Å²) in [4.78, 5) is 14.6. The Bertz CT molecular complexity index is 343. The molecule has 0 aromatic heterocycles. The van der Waals surface area contributed by atoms with Crippen LogP contribution in [0.2, 0.25) is 0 Å². The summed E-state index contributed by atoms with van der Waals surface area (Å²) in [5.41, 5.74) is 0. The standard InChI is InChI=1S/C12H18F3N3O/c1-2-3-10(9-16)17-4-6-18(7-5-17)11(19)8-12(13,14)15/h10H,2-8H2,1H3. The van der Waals surface area contributed by atoms with Crippen molar-refractivity contribution in [2.45, 2.75) is 38.4 Å². The lowest BCUT2D eigenvalue weighted by molar-refractivity contribution is -0.162. The van der Waals surface area contributed by atoms with Gasteiger partial charge in [-0.15, -0.1) is 0 Å². The van der Waals surface area contributed by atoms with Gasteiger partial charge in [0.2, 0.25) is 5.91 Å². The molecule has 1 aliphatic heterocycles. The Morgan fingerprint density at radius 2 is 1.89 bits per heavy atom. The van der Waals surface area contributed by atoms with Crippen LogP contribution in [0, 0.1) is 11.3 Å². The molecule has 0 saturated carbocycles. The minimum atomic E-state index is -4.45. The molecule has 0 N–H and O–H groups in total.